The van der Waals surface area contributed by atoms with Crippen LogP contribution in [-0.2, 0) is 23.7 Å². The highest BCUT2D eigenvalue weighted by atomic mass is 16.7. The van der Waals surface area contributed by atoms with Crippen LogP contribution in [0.2, 0.25) is 0 Å². The number of benzene rings is 2. The second kappa shape index (κ2) is 12.6. The minimum atomic E-state index is -0.417. The van der Waals surface area contributed by atoms with E-state index in [1.165, 1.54) is 0 Å². The molecule has 4 rings (SSSR count). The molecule has 0 radical (unpaired) electrons. The summed E-state index contributed by atoms with van der Waals surface area (Å²) >= 11 is 0. The maximum Gasteiger partial charge on any atom is 0.184 e. The predicted molar refractivity (Wildman–Crippen MR) is 141 cm³/mol. The van der Waals surface area contributed by atoms with E-state index in [0.29, 0.717) is 13.2 Å². The van der Waals surface area contributed by atoms with Crippen LogP contribution in [0.15, 0.2) is 48.5 Å². The highest BCUT2D eigenvalue weighted by molar-refractivity contribution is 5.29. The van der Waals surface area contributed by atoms with Gasteiger partial charge in [-0.15, -0.1) is 0 Å². The van der Waals surface area contributed by atoms with E-state index in [4.69, 9.17) is 33.2 Å². The minimum Gasteiger partial charge on any atom is -0.497 e. The zero-order valence-electron chi connectivity index (χ0n) is 23.1. The second-order valence-electron chi connectivity index (χ2n) is 10.5. The van der Waals surface area contributed by atoms with Gasteiger partial charge in [-0.2, -0.15) is 0 Å². The lowest BCUT2D eigenvalue weighted by molar-refractivity contribution is -0.274. The van der Waals surface area contributed by atoms with Crippen LogP contribution >= 0.6 is 0 Å². The van der Waals surface area contributed by atoms with Gasteiger partial charge in [0.25, 0.3) is 0 Å². The highest BCUT2D eigenvalue weighted by Crippen LogP contribution is 2.40. The van der Waals surface area contributed by atoms with E-state index in [9.17, 15) is 0 Å². The van der Waals surface area contributed by atoms with Gasteiger partial charge in [-0.25, -0.2) is 0 Å². The van der Waals surface area contributed by atoms with Crippen molar-refractivity contribution in [1.82, 2.24) is 0 Å². The van der Waals surface area contributed by atoms with Gasteiger partial charge >= 0.3 is 0 Å². The van der Waals surface area contributed by atoms with Crippen LogP contribution in [0.3, 0.4) is 0 Å². The summed E-state index contributed by atoms with van der Waals surface area (Å²) in [5.74, 6) is 2.33. The smallest absolute Gasteiger partial charge is 0.184 e. The lowest BCUT2D eigenvalue weighted by Gasteiger charge is -2.45. The Morgan fingerprint density at radius 2 is 1.03 bits per heavy atom. The van der Waals surface area contributed by atoms with E-state index in [0.717, 1.165) is 22.6 Å². The standard InChI is InChI=1S/C30H42O7/c1-18-16-34-29(22-8-12-24(31-5)13-9-22)36-26(18)20(3)28(33-7)21(4)27-19(2)17-35-30(37-27)23-10-14-25(32-6)15-11-23/h8-15,18-21,26-30H,16-17H2,1-7H3/t18-,19+,20+,21-,26-,27+,28?,29-,30+. The Labute approximate surface area is 221 Å². The number of hydrogen-bond donors (Lipinski definition) is 0. The maximum absolute atomic E-state index is 6.56. The van der Waals surface area contributed by atoms with Crippen LogP contribution < -0.4 is 9.47 Å². The molecule has 1 unspecified atom stereocenters. The molecule has 0 bridgehead atoms. The van der Waals surface area contributed by atoms with Gasteiger partial charge in [-0.3, -0.25) is 0 Å². The average Bonchev–Trinajstić information content (AvgIpc) is 2.94. The minimum absolute atomic E-state index is 0.0271. The van der Waals surface area contributed by atoms with Gasteiger partial charge in [0.15, 0.2) is 12.6 Å². The monoisotopic (exact) mass is 514 g/mol. The summed E-state index contributed by atoms with van der Waals surface area (Å²) in [6.45, 7) is 10.0. The molecule has 7 heteroatoms. The first-order valence-electron chi connectivity index (χ1n) is 13.2. The Morgan fingerprint density at radius 3 is 1.35 bits per heavy atom. The van der Waals surface area contributed by atoms with E-state index < -0.39 is 12.6 Å². The van der Waals surface area contributed by atoms with Crippen LogP contribution in [-0.4, -0.2) is 52.9 Å². The summed E-state index contributed by atoms with van der Waals surface area (Å²) in [4.78, 5) is 0. The molecule has 0 aliphatic carbocycles. The highest BCUT2D eigenvalue weighted by Gasteiger charge is 2.43. The van der Waals surface area contributed by atoms with Crippen molar-refractivity contribution in [2.75, 3.05) is 34.5 Å². The van der Waals surface area contributed by atoms with Crippen LogP contribution in [0.4, 0.5) is 0 Å². The Bertz CT molecular complexity index is 885. The summed E-state index contributed by atoms with van der Waals surface area (Å²) in [6.07, 6.45) is -0.953. The molecule has 2 aliphatic heterocycles. The molecule has 0 aromatic heterocycles. The lowest BCUT2D eigenvalue weighted by atomic mass is 9.79. The van der Waals surface area contributed by atoms with Crippen LogP contribution in [0.1, 0.15) is 51.4 Å². The zero-order valence-corrected chi connectivity index (χ0v) is 23.1. The van der Waals surface area contributed by atoms with E-state index in [1.54, 1.807) is 21.3 Å². The fourth-order valence-corrected chi connectivity index (χ4v) is 5.74. The van der Waals surface area contributed by atoms with Crippen molar-refractivity contribution in [3.05, 3.63) is 59.7 Å². The van der Waals surface area contributed by atoms with Gasteiger partial charge < -0.3 is 33.2 Å². The first-order chi connectivity index (χ1) is 17.9. The molecule has 37 heavy (non-hydrogen) atoms. The molecule has 0 saturated carbocycles. The van der Waals surface area contributed by atoms with Crippen LogP contribution in [0, 0.1) is 23.7 Å². The van der Waals surface area contributed by atoms with E-state index >= 15 is 0 Å². The SMILES string of the molecule is COc1ccc([C@@H]2OC[C@@H](C)[C@H]([C@H](C)C(OC)[C@H](C)[C@H]3O[C@@H](c4ccc(OC)cc4)OC[C@@H]3C)O2)cc1. The van der Waals surface area contributed by atoms with Crippen molar-refractivity contribution < 1.29 is 33.2 Å². The first-order valence-corrected chi connectivity index (χ1v) is 13.2. The van der Waals surface area contributed by atoms with Crippen molar-refractivity contribution in [1.29, 1.82) is 0 Å². The maximum atomic E-state index is 6.56. The molecule has 0 amide bonds. The second-order valence-corrected chi connectivity index (χ2v) is 10.5. The molecular formula is C30H42O7. The molecule has 2 aromatic rings. The Morgan fingerprint density at radius 1 is 0.649 bits per heavy atom. The van der Waals surface area contributed by atoms with E-state index in [2.05, 4.69) is 27.7 Å². The fourth-order valence-electron chi connectivity index (χ4n) is 5.74. The van der Waals surface area contributed by atoms with Crippen molar-refractivity contribution in [3.63, 3.8) is 0 Å². The molecule has 0 N–H and O–H groups in total. The van der Waals surface area contributed by atoms with Crippen LogP contribution in [0.5, 0.6) is 11.5 Å². The third-order valence-electron chi connectivity index (χ3n) is 7.83. The Kier molecular flexibility index (Phi) is 9.48. The molecule has 9 atom stereocenters. The molecule has 2 fully saturated rings. The molecule has 2 aliphatic rings. The number of ether oxygens (including phenoxy) is 7. The normalized spacial score (nSPS) is 30.8. The number of methoxy groups -OCH3 is 3. The molecule has 2 aromatic carbocycles. The van der Waals surface area contributed by atoms with Gasteiger partial charge in [0.05, 0.1) is 45.7 Å². The average molecular weight is 515 g/mol. The summed E-state index contributed by atoms with van der Waals surface area (Å²) in [6, 6.07) is 15.7. The van der Waals surface area contributed by atoms with Crippen molar-refractivity contribution >= 4 is 0 Å². The third kappa shape index (κ3) is 6.29. The van der Waals surface area contributed by atoms with E-state index in [1.807, 2.05) is 48.5 Å². The Balaban J connectivity index is 1.46. The first kappa shape index (κ1) is 27.9. The number of hydrogen-bond acceptors (Lipinski definition) is 7. The zero-order chi connectivity index (χ0) is 26.5. The summed E-state index contributed by atoms with van der Waals surface area (Å²) in [5, 5.41) is 0. The molecule has 0 spiro atoms. The largest absolute Gasteiger partial charge is 0.497 e. The summed E-state index contributed by atoms with van der Waals surface area (Å²) in [7, 11) is 5.11. The molecular weight excluding hydrogens is 472 g/mol. The van der Waals surface area contributed by atoms with Gasteiger partial charge in [0, 0.05) is 41.9 Å². The lowest BCUT2D eigenvalue weighted by Crippen LogP contribution is -2.50. The van der Waals surface area contributed by atoms with Crippen molar-refractivity contribution in [2.24, 2.45) is 23.7 Å². The fraction of sp³-hybridized carbons (Fsp3) is 0.600. The van der Waals surface area contributed by atoms with Gasteiger partial charge in [-0.05, 0) is 24.3 Å². The quantitative estimate of drug-likeness (QED) is 0.420. The topological polar surface area (TPSA) is 64.6 Å². The van der Waals surface area contributed by atoms with Gasteiger partial charge in [-0.1, -0.05) is 52.0 Å². The van der Waals surface area contributed by atoms with Crippen LogP contribution in [0.25, 0.3) is 0 Å². The summed E-state index contributed by atoms with van der Waals surface area (Å²) < 4.78 is 42.0. The molecule has 7 nitrogen and oxygen atoms in total. The van der Waals surface area contributed by atoms with Gasteiger partial charge in [0.2, 0.25) is 0 Å². The Hall–Kier alpha value is -2.16. The molecule has 2 saturated heterocycles. The number of rotatable bonds is 9. The molecule has 204 valence electrons. The van der Waals surface area contributed by atoms with Gasteiger partial charge in [0.1, 0.15) is 11.5 Å². The van der Waals surface area contributed by atoms with Crippen molar-refractivity contribution in [2.45, 2.75) is 58.6 Å². The molecule has 2 heterocycles. The predicted octanol–water partition coefficient (Wildman–Crippen LogP) is 5.79. The van der Waals surface area contributed by atoms with Crippen molar-refractivity contribution in [3.8, 4) is 11.5 Å². The third-order valence-corrected chi connectivity index (χ3v) is 7.83. The van der Waals surface area contributed by atoms with E-state index in [-0.39, 0.29) is 42.0 Å². The summed E-state index contributed by atoms with van der Waals surface area (Å²) in [5.41, 5.74) is 1.96.